The largest absolute Gasteiger partial charge is 0.409 e. The first kappa shape index (κ1) is 11.4. The van der Waals surface area contributed by atoms with E-state index in [1.165, 1.54) is 11.8 Å². The van der Waals surface area contributed by atoms with Gasteiger partial charge < -0.3 is 10.9 Å². The number of amidine groups is 1. The van der Waals surface area contributed by atoms with E-state index in [1.54, 1.807) is 18.2 Å². The van der Waals surface area contributed by atoms with Gasteiger partial charge in [0, 0.05) is 0 Å². The van der Waals surface area contributed by atoms with Crippen molar-refractivity contribution in [2.45, 2.75) is 17.1 Å². The first-order chi connectivity index (χ1) is 8.19. The van der Waals surface area contributed by atoms with Crippen molar-refractivity contribution < 1.29 is 5.21 Å². The van der Waals surface area contributed by atoms with Gasteiger partial charge in [-0.3, -0.25) is 5.10 Å². The molecule has 17 heavy (non-hydrogen) atoms. The van der Waals surface area contributed by atoms with Crippen LogP contribution in [0.5, 0.6) is 0 Å². The van der Waals surface area contributed by atoms with Crippen LogP contribution in [-0.4, -0.2) is 31.2 Å². The van der Waals surface area contributed by atoms with Gasteiger partial charge in [-0.1, -0.05) is 11.2 Å². The Kier molecular flexibility index (Phi) is 3.24. The molecule has 0 aliphatic rings. The van der Waals surface area contributed by atoms with Crippen LogP contribution in [0.1, 0.15) is 11.5 Å². The Morgan fingerprint density at radius 3 is 2.94 bits per heavy atom. The monoisotopic (exact) mass is 250 g/mol. The molecule has 2 heterocycles. The van der Waals surface area contributed by atoms with Gasteiger partial charge in [-0.2, -0.15) is 0 Å². The molecular weight excluding hydrogens is 240 g/mol. The lowest BCUT2D eigenvalue weighted by Crippen LogP contribution is -2.14. The van der Waals surface area contributed by atoms with Crippen molar-refractivity contribution in [2.24, 2.45) is 10.9 Å². The lowest BCUT2D eigenvalue weighted by molar-refractivity contribution is 0.318. The van der Waals surface area contributed by atoms with E-state index in [4.69, 9.17) is 10.9 Å². The fraction of sp³-hybridized carbons (Fsp3) is 0.111. The Labute approximate surface area is 101 Å². The minimum absolute atomic E-state index is 0.0291. The molecule has 0 radical (unpaired) electrons. The fourth-order valence-corrected chi connectivity index (χ4v) is 1.88. The molecular formula is C9H10N6OS. The smallest absolute Gasteiger partial charge is 0.214 e. The van der Waals surface area contributed by atoms with Crippen LogP contribution in [-0.2, 0) is 0 Å². The molecule has 0 atom stereocenters. The predicted octanol–water partition coefficient (Wildman–Crippen LogP) is 0.754. The molecule has 0 saturated heterocycles. The van der Waals surface area contributed by atoms with Crippen molar-refractivity contribution in [1.82, 2.24) is 20.2 Å². The molecule has 0 aromatic carbocycles. The van der Waals surface area contributed by atoms with Crippen molar-refractivity contribution in [3.05, 3.63) is 29.7 Å². The zero-order chi connectivity index (χ0) is 12.3. The van der Waals surface area contributed by atoms with E-state index in [2.05, 4.69) is 25.3 Å². The highest BCUT2D eigenvalue weighted by Gasteiger charge is 2.06. The Morgan fingerprint density at radius 1 is 1.47 bits per heavy atom. The van der Waals surface area contributed by atoms with Crippen LogP contribution in [0.25, 0.3) is 0 Å². The summed E-state index contributed by atoms with van der Waals surface area (Å²) in [4.78, 5) is 8.35. The highest BCUT2D eigenvalue weighted by Crippen LogP contribution is 2.22. The minimum Gasteiger partial charge on any atom is -0.409 e. The second kappa shape index (κ2) is 4.83. The Bertz CT molecular complexity index is 552. The van der Waals surface area contributed by atoms with E-state index in [0.717, 1.165) is 5.82 Å². The summed E-state index contributed by atoms with van der Waals surface area (Å²) in [6.07, 6.45) is 0. The maximum Gasteiger partial charge on any atom is 0.214 e. The maximum atomic E-state index is 8.56. The number of aromatic amines is 1. The average molecular weight is 250 g/mol. The number of hydrogen-bond donors (Lipinski definition) is 3. The normalized spacial score (nSPS) is 11.7. The molecule has 0 bridgehead atoms. The molecule has 0 amide bonds. The third-order valence-corrected chi connectivity index (χ3v) is 2.67. The van der Waals surface area contributed by atoms with Gasteiger partial charge in [-0.25, -0.2) is 9.97 Å². The van der Waals surface area contributed by atoms with E-state index in [0.29, 0.717) is 15.9 Å². The van der Waals surface area contributed by atoms with E-state index >= 15 is 0 Å². The number of rotatable bonds is 3. The summed E-state index contributed by atoms with van der Waals surface area (Å²) in [5.41, 5.74) is 5.86. The average Bonchev–Trinajstić information content (AvgIpc) is 2.74. The van der Waals surface area contributed by atoms with Crippen LogP contribution in [0.15, 0.2) is 33.5 Å². The van der Waals surface area contributed by atoms with Gasteiger partial charge in [-0.05, 0) is 30.8 Å². The molecule has 4 N–H and O–H groups in total. The summed E-state index contributed by atoms with van der Waals surface area (Å²) in [6.45, 7) is 1.82. The second-order valence-corrected chi connectivity index (χ2v) is 4.14. The van der Waals surface area contributed by atoms with Gasteiger partial charge >= 0.3 is 0 Å². The number of pyridine rings is 1. The lowest BCUT2D eigenvalue weighted by Gasteiger charge is -2.00. The fourth-order valence-electron chi connectivity index (χ4n) is 1.13. The van der Waals surface area contributed by atoms with Crippen LogP contribution in [0, 0.1) is 6.92 Å². The summed E-state index contributed by atoms with van der Waals surface area (Å²) in [7, 11) is 0. The van der Waals surface area contributed by atoms with E-state index in [9.17, 15) is 0 Å². The SMILES string of the molecule is Cc1nc(Sc2cccc(C(N)=NO)n2)n[nH]1. The highest BCUT2D eigenvalue weighted by molar-refractivity contribution is 7.99. The number of nitrogens with two attached hydrogens (primary N) is 1. The summed E-state index contributed by atoms with van der Waals surface area (Å²) in [5.74, 6) is 0.707. The molecule has 2 rings (SSSR count). The molecule has 2 aromatic heterocycles. The summed E-state index contributed by atoms with van der Waals surface area (Å²) < 4.78 is 0. The second-order valence-electron chi connectivity index (χ2n) is 3.15. The number of oxime groups is 1. The third kappa shape index (κ3) is 2.72. The number of nitrogens with zero attached hydrogens (tertiary/aromatic N) is 4. The van der Waals surface area contributed by atoms with Gasteiger partial charge in [0.25, 0.3) is 0 Å². The molecule has 2 aromatic rings. The van der Waals surface area contributed by atoms with Crippen molar-refractivity contribution in [3.8, 4) is 0 Å². The molecule has 0 spiro atoms. The van der Waals surface area contributed by atoms with Crippen LogP contribution in [0.3, 0.4) is 0 Å². The van der Waals surface area contributed by atoms with Gasteiger partial charge in [0.15, 0.2) is 5.84 Å². The minimum atomic E-state index is -0.0291. The van der Waals surface area contributed by atoms with Gasteiger partial charge in [-0.15, -0.1) is 5.10 Å². The number of nitrogens with one attached hydrogen (secondary N) is 1. The third-order valence-electron chi connectivity index (χ3n) is 1.87. The molecule has 0 aliphatic carbocycles. The number of H-pyrrole nitrogens is 1. The Balaban J connectivity index is 2.22. The number of aromatic nitrogens is 4. The summed E-state index contributed by atoms with van der Waals surface area (Å²) in [6, 6.07) is 5.22. The zero-order valence-corrected chi connectivity index (χ0v) is 9.77. The van der Waals surface area contributed by atoms with Crippen LogP contribution in [0.2, 0.25) is 0 Å². The van der Waals surface area contributed by atoms with E-state index in [1.807, 2.05) is 6.92 Å². The summed E-state index contributed by atoms with van der Waals surface area (Å²) >= 11 is 1.29. The molecule has 0 saturated carbocycles. The lowest BCUT2D eigenvalue weighted by atomic mass is 10.3. The van der Waals surface area contributed by atoms with Crippen LogP contribution < -0.4 is 5.73 Å². The molecule has 0 fully saturated rings. The molecule has 8 heteroatoms. The van der Waals surface area contributed by atoms with Crippen LogP contribution in [0.4, 0.5) is 0 Å². The van der Waals surface area contributed by atoms with Crippen molar-refractivity contribution in [1.29, 1.82) is 0 Å². The molecule has 0 aliphatic heterocycles. The van der Waals surface area contributed by atoms with Crippen molar-refractivity contribution >= 4 is 17.6 Å². The quantitative estimate of drug-likeness (QED) is 0.321. The zero-order valence-electron chi connectivity index (χ0n) is 8.95. The van der Waals surface area contributed by atoms with E-state index < -0.39 is 0 Å². The molecule has 88 valence electrons. The van der Waals surface area contributed by atoms with Crippen molar-refractivity contribution in [3.63, 3.8) is 0 Å². The number of hydrogen-bond acceptors (Lipinski definition) is 6. The van der Waals surface area contributed by atoms with Crippen molar-refractivity contribution in [2.75, 3.05) is 0 Å². The van der Waals surface area contributed by atoms with Gasteiger partial charge in [0.1, 0.15) is 16.5 Å². The standard InChI is InChI=1S/C9H10N6OS/c1-5-11-9(14-13-5)17-7-4-2-3-6(12-7)8(10)15-16/h2-4,16H,1H3,(H2,10,15)(H,11,13,14). The predicted molar refractivity (Wildman–Crippen MR) is 62.0 cm³/mol. The maximum absolute atomic E-state index is 8.56. The first-order valence-corrected chi connectivity index (χ1v) is 5.52. The molecule has 0 unspecified atom stereocenters. The topological polar surface area (TPSA) is 113 Å². The highest BCUT2D eigenvalue weighted by atomic mass is 32.2. The van der Waals surface area contributed by atoms with Crippen LogP contribution >= 0.6 is 11.8 Å². The molecule has 7 nitrogen and oxygen atoms in total. The Hall–Kier alpha value is -2.09. The first-order valence-electron chi connectivity index (χ1n) is 4.71. The van der Waals surface area contributed by atoms with E-state index in [-0.39, 0.29) is 5.84 Å². The van der Waals surface area contributed by atoms with Gasteiger partial charge in [0.05, 0.1) is 0 Å². The Morgan fingerprint density at radius 2 is 2.29 bits per heavy atom. The van der Waals surface area contributed by atoms with Gasteiger partial charge in [0.2, 0.25) is 5.16 Å². The number of aryl methyl sites for hydroxylation is 1. The summed E-state index contributed by atoms with van der Waals surface area (Å²) in [5, 5.41) is 19.4.